The van der Waals surface area contributed by atoms with E-state index >= 15 is 0 Å². The van der Waals surface area contributed by atoms with Gasteiger partial charge in [-0.05, 0) is 18.9 Å². The molecule has 3 rings (SSSR count). The first-order valence-electron chi connectivity index (χ1n) is 7.03. The van der Waals surface area contributed by atoms with E-state index in [0.29, 0.717) is 24.7 Å². The van der Waals surface area contributed by atoms with Gasteiger partial charge in [-0.1, -0.05) is 36.7 Å². The highest BCUT2D eigenvalue weighted by atomic mass is 16.5. The van der Waals surface area contributed by atoms with Crippen LogP contribution in [0.4, 0.5) is 0 Å². The summed E-state index contributed by atoms with van der Waals surface area (Å²) in [6, 6.07) is 7.89. The molecule has 20 heavy (non-hydrogen) atoms. The highest BCUT2D eigenvalue weighted by Gasteiger charge is 2.28. The van der Waals surface area contributed by atoms with Crippen LogP contribution in [0.2, 0.25) is 0 Å². The standard InChI is InChI=1S/C15H18N2O3/c1-2-5-12(18)14-16-15(20-17-14)11-8-9-19-13-7-4-3-6-10(11)13/h3-4,6-7,11-12,18H,2,5,8-9H2,1H3. The molecule has 1 aliphatic rings. The van der Waals surface area contributed by atoms with Crippen molar-refractivity contribution in [1.82, 2.24) is 10.1 Å². The summed E-state index contributed by atoms with van der Waals surface area (Å²) in [5.41, 5.74) is 1.07. The number of para-hydroxylation sites is 1. The second-order valence-corrected chi connectivity index (χ2v) is 5.02. The van der Waals surface area contributed by atoms with Crippen molar-refractivity contribution in [3.8, 4) is 5.75 Å². The number of aliphatic hydroxyl groups is 1. The highest BCUT2D eigenvalue weighted by Crippen LogP contribution is 2.37. The van der Waals surface area contributed by atoms with Gasteiger partial charge in [-0.15, -0.1) is 0 Å². The van der Waals surface area contributed by atoms with E-state index in [-0.39, 0.29) is 5.92 Å². The van der Waals surface area contributed by atoms with Crippen LogP contribution in [-0.4, -0.2) is 21.9 Å². The first-order chi connectivity index (χ1) is 9.79. The quantitative estimate of drug-likeness (QED) is 0.928. The van der Waals surface area contributed by atoms with Gasteiger partial charge in [0.25, 0.3) is 0 Å². The van der Waals surface area contributed by atoms with E-state index in [0.717, 1.165) is 24.2 Å². The van der Waals surface area contributed by atoms with E-state index in [9.17, 15) is 5.11 Å². The van der Waals surface area contributed by atoms with Gasteiger partial charge in [-0.3, -0.25) is 0 Å². The molecule has 0 radical (unpaired) electrons. The zero-order chi connectivity index (χ0) is 13.9. The molecule has 106 valence electrons. The smallest absolute Gasteiger partial charge is 0.234 e. The first kappa shape index (κ1) is 13.1. The lowest BCUT2D eigenvalue weighted by molar-refractivity contribution is 0.152. The van der Waals surface area contributed by atoms with Crippen molar-refractivity contribution in [2.24, 2.45) is 0 Å². The van der Waals surface area contributed by atoms with Gasteiger partial charge < -0.3 is 14.4 Å². The molecule has 0 bridgehead atoms. The van der Waals surface area contributed by atoms with Crippen LogP contribution in [0, 0.1) is 0 Å². The Morgan fingerprint density at radius 3 is 3.10 bits per heavy atom. The molecule has 0 amide bonds. The third kappa shape index (κ3) is 2.41. The largest absolute Gasteiger partial charge is 0.493 e. The Bertz CT molecular complexity index is 582. The summed E-state index contributed by atoms with van der Waals surface area (Å²) in [6.45, 7) is 2.65. The Kier molecular flexibility index (Phi) is 3.69. The molecule has 0 saturated carbocycles. The topological polar surface area (TPSA) is 68.4 Å². The fraction of sp³-hybridized carbons (Fsp3) is 0.467. The Morgan fingerprint density at radius 1 is 1.40 bits per heavy atom. The number of hydrogen-bond acceptors (Lipinski definition) is 5. The van der Waals surface area contributed by atoms with E-state index in [1.165, 1.54) is 0 Å². The molecule has 0 aliphatic carbocycles. The SMILES string of the molecule is CCCC(O)c1noc(C2CCOc3ccccc32)n1. The van der Waals surface area contributed by atoms with Gasteiger partial charge in [0.15, 0.2) is 5.82 Å². The van der Waals surface area contributed by atoms with Crippen molar-refractivity contribution in [2.45, 2.75) is 38.2 Å². The van der Waals surface area contributed by atoms with Crippen LogP contribution >= 0.6 is 0 Å². The fourth-order valence-electron chi connectivity index (χ4n) is 2.53. The second-order valence-electron chi connectivity index (χ2n) is 5.02. The van der Waals surface area contributed by atoms with E-state index in [4.69, 9.17) is 9.26 Å². The minimum atomic E-state index is -0.646. The summed E-state index contributed by atoms with van der Waals surface area (Å²) < 4.78 is 11.0. The van der Waals surface area contributed by atoms with Crippen molar-refractivity contribution >= 4 is 0 Å². The molecule has 2 heterocycles. The van der Waals surface area contributed by atoms with E-state index in [1.807, 2.05) is 31.2 Å². The normalized spacial score (nSPS) is 19.2. The molecule has 0 saturated heterocycles. The van der Waals surface area contributed by atoms with Crippen LogP contribution in [0.5, 0.6) is 5.75 Å². The number of aliphatic hydroxyl groups excluding tert-OH is 1. The molecule has 5 heteroatoms. The Labute approximate surface area is 117 Å². The fourth-order valence-corrected chi connectivity index (χ4v) is 2.53. The molecule has 1 aromatic heterocycles. The molecule has 1 aromatic carbocycles. The van der Waals surface area contributed by atoms with Crippen LogP contribution in [-0.2, 0) is 0 Å². The summed E-state index contributed by atoms with van der Waals surface area (Å²) in [7, 11) is 0. The number of aromatic nitrogens is 2. The number of rotatable bonds is 4. The summed E-state index contributed by atoms with van der Waals surface area (Å²) in [4.78, 5) is 4.37. The van der Waals surface area contributed by atoms with Gasteiger partial charge in [0.05, 0.1) is 12.5 Å². The number of hydrogen-bond donors (Lipinski definition) is 1. The van der Waals surface area contributed by atoms with Gasteiger partial charge in [-0.25, -0.2) is 0 Å². The molecular weight excluding hydrogens is 256 g/mol. The Hall–Kier alpha value is -1.88. The maximum Gasteiger partial charge on any atom is 0.234 e. The third-order valence-corrected chi connectivity index (χ3v) is 3.57. The van der Waals surface area contributed by atoms with Gasteiger partial charge in [0.1, 0.15) is 11.9 Å². The van der Waals surface area contributed by atoms with Gasteiger partial charge in [-0.2, -0.15) is 4.98 Å². The number of benzene rings is 1. The summed E-state index contributed by atoms with van der Waals surface area (Å²) in [5, 5.41) is 13.8. The first-order valence-corrected chi connectivity index (χ1v) is 7.03. The molecule has 5 nitrogen and oxygen atoms in total. The lowest BCUT2D eigenvalue weighted by Crippen LogP contribution is -2.15. The summed E-state index contributed by atoms with van der Waals surface area (Å²) in [6.07, 6.45) is 1.68. The second kappa shape index (κ2) is 5.63. The Morgan fingerprint density at radius 2 is 2.25 bits per heavy atom. The maximum absolute atomic E-state index is 9.92. The monoisotopic (exact) mass is 274 g/mol. The molecule has 2 unspecified atom stereocenters. The Balaban J connectivity index is 1.87. The van der Waals surface area contributed by atoms with Gasteiger partial charge in [0.2, 0.25) is 5.89 Å². The zero-order valence-corrected chi connectivity index (χ0v) is 11.5. The average Bonchev–Trinajstić information content (AvgIpc) is 2.97. The molecule has 2 aromatic rings. The summed E-state index contributed by atoms with van der Waals surface area (Å²) in [5.74, 6) is 1.87. The van der Waals surface area contributed by atoms with E-state index < -0.39 is 6.10 Å². The minimum absolute atomic E-state index is 0.0510. The molecule has 1 aliphatic heterocycles. The summed E-state index contributed by atoms with van der Waals surface area (Å²) >= 11 is 0. The van der Waals surface area contributed by atoms with Gasteiger partial charge in [0, 0.05) is 5.56 Å². The molecule has 1 N–H and O–H groups in total. The van der Waals surface area contributed by atoms with E-state index in [2.05, 4.69) is 10.1 Å². The third-order valence-electron chi connectivity index (χ3n) is 3.57. The van der Waals surface area contributed by atoms with Crippen molar-refractivity contribution in [2.75, 3.05) is 6.61 Å². The highest BCUT2D eigenvalue weighted by molar-refractivity contribution is 5.40. The predicted molar refractivity (Wildman–Crippen MR) is 72.6 cm³/mol. The average molecular weight is 274 g/mol. The minimum Gasteiger partial charge on any atom is -0.493 e. The van der Waals surface area contributed by atoms with E-state index in [1.54, 1.807) is 0 Å². The maximum atomic E-state index is 9.92. The van der Waals surface area contributed by atoms with Crippen LogP contribution < -0.4 is 4.74 Å². The van der Waals surface area contributed by atoms with Crippen molar-refractivity contribution < 1.29 is 14.4 Å². The van der Waals surface area contributed by atoms with Crippen LogP contribution in [0.1, 0.15) is 55.5 Å². The molecule has 0 fully saturated rings. The predicted octanol–water partition coefficient (Wildman–Crippen LogP) is 2.82. The molecule has 2 atom stereocenters. The number of ether oxygens (including phenoxy) is 1. The lowest BCUT2D eigenvalue weighted by atomic mass is 9.93. The van der Waals surface area contributed by atoms with Crippen LogP contribution in [0.25, 0.3) is 0 Å². The van der Waals surface area contributed by atoms with Crippen molar-refractivity contribution in [3.63, 3.8) is 0 Å². The number of nitrogens with zero attached hydrogens (tertiary/aromatic N) is 2. The van der Waals surface area contributed by atoms with Crippen LogP contribution in [0.3, 0.4) is 0 Å². The van der Waals surface area contributed by atoms with Crippen molar-refractivity contribution in [3.05, 3.63) is 41.5 Å². The van der Waals surface area contributed by atoms with Crippen molar-refractivity contribution in [1.29, 1.82) is 0 Å². The lowest BCUT2D eigenvalue weighted by Gasteiger charge is -2.22. The zero-order valence-electron chi connectivity index (χ0n) is 11.5. The molecule has 0 spiro atoms. The van der Waals surface area contributed by atoms with Crippen LogP contribution in [0.15, 0.2) is 28.8 Å². The molecular formula is C15H18N2O3. The number of fused-ring (bicyclic) bond motifs is 1. The van der Waals surface area contributed by atoms with Gasteiger partial charge >= 0.3 is 0 Å².